The molecule has 0 spiro atoms. The lowest BCUT2D eigenvalue weighted by Gasteiger charge is -2.42. The molecule has 3 aromatic rings. The Morgan fingerprint density at radius 2 is 1.74 bits per heavy atom. The lowest BCUT2D eigenvalue weighted by Crippen LogP contribution is -2.55. The normalized spacial score (nSPS) is 27.7. The first-order valence-corrected chi connectivity index (χ1v) is 12.2. The third-order valence-corrected chi connectivity index (χ3v) is 8.01. The molecule has 35 heavy (non-hydrogen) atoms. The Bertz CT molecular complexity index is 1160. The molecule has 6 atom stereocenters. The summed E-state index contributed by atoms with van der Waals surface area (Å²) in [5.74, 6) is -3.91. The molecule has 186 valence electrons. The van der Waals surface area contributed by atoms with Gasteiger partial charge in [-0.1, -0.05) is 35.5 Å². The number of aliphatic hydroxyl groups excluding tert-OH is 3. The van der Waals surface area contributed by atoms with Crippen molar-refractivity contribution in [2.24, 2.45) is 5.92 Å². The molecule has 1 saturated carbocycles. The van der Waals surface area contributed by atoms with E-state index in [9.17, 15) is 28.5 Å². The van der Waals surface area contributed by atoms with E-state index in [1.54, 1.807) is 0 Å². The van der Waals surface area contributed by atoms with Crippen molar-refractivity contribution in [1.29, 1.82) is 0 Å². The van der Waals surface area contributed by atoms with Gasteiger partial charge in [0.05, 0.1) is 12.8 Å². The second-order valence-electron chi connectivity index (χ2n) is 8.84. The molecular formula is C24H24F3N3O4S. The molecule has 11 heteroatoms. The first-order chi connectivity index (χ1) is 16.9. The van der Waals surface area contributed by atoms with Gasteiger partial charge in [0.1, 0.15) is 35.5 Å². The molecule has 0 amide bonds. The van der Waals surface area contributed by atoms with Gasteiger partial charge in [0.25, 0.3) is 0 Å². The molecule has 2 aromatic carbocycles. The first kappa shape index (κ1) is 24.3. The predicted octanol–water partition coefficient (Wildman–Crippen LogP) is 3.23. The maximum atomic E-state index is 13.7. The summed E-state index contributed by atoms with van der Waals surface area (Å²) in [4.78, 5) is 0. The SMILES string of the molecule is OC[C@H]1O[C@@H](SC(c2ccccc2)C2CC2)[C@H](O)[C@@H](n2cc(-c3cc(F)c(F)c(F)c3)nn2)[C@H]1O. The molecule has 2 aliphatic rings. The van der Waals surface area contributed by atoms with E-state index in [0.29, 0.717) is 5.92 Å². The molecule has 1 aliphatic heterocycles. The van der Waals surface area contributed by atoms with E-state index in [4.69, 9.17) is 4.74 Å². The number of benzene rings is 2. The van der Waals surface area contributed by atoms with Gasteiger partial charge in [-0.05, 0) is 36.5 Å². The number of rotatable bonds is 7. The zero-order valence-corrected chi connectivity index (χ0v) is 19.2. The van der Waals surface area contributed by atoms with Gasteiger partial charge in [0.15, 0.2) is 17.5 Å². The molecular weight excluding hydrogens is 483 g/mol. The van der Waals surface area contributed by atoms with Crippen LogP contribution < -0.4 is 0 Å². The number of ether oxygens (including phenoxy) is 1. The molecule has 2 fully saturated rings. The Hall–Kier alpha value is -2.44. The lowest BCUT2D eigenvalue weighted by atomic mass is 9.97. The van der Waals surface area contributed by atoms with E-state index in [0.717, 1.165) is 30.5 Å². The van der Waals surface area contributed by atoms with Gasteiger partial charge < -0.3 is 20.1 Å². The van der Waals surface area contributed by atoms with E-state index in [-0.39, 0.29) is 16.5 Å². The highest BCUT2D eigenvalue weighted by Crippen LogP contribution is 2.52. The summed E-state index contributed by atoms with van der Waals surface area (Å²) in [6, 6.07) is 10.4. The van der Waals surface area contributed by atoms with Crippen LogP contribution in [0.25, 0.3) is 11.3 Å². The van der Waals surface area contributed by atoms with E-state index in [1.807, 2.05) is 30.3 Å². The van der Waals surface area contributed by atoms with Crippen LogP contribution in [0.5, 0.6) is 0 Å². The number of hydrogen-bond donors (Lipinski definition) is 3. The molecule has 0 bridgehead atoms. The van der Waals surface area contributed by atoms with Gasteiger partial charge in [-0.3, -0.25) is 0 Å². The Kier molecular flexibility index (Phi) is 6.86. The number of aliphatic hydroxyl groups is 3. The Morgan fingerprint density at radius 3 is 2.37 bits per heavy atom. The minimum absolute atomic E-state index is 0.0265. The van der Waals surface area contributed by atoms with Crippen LogP contribution in [-0.4, -0.2) is 60.7 Å². The average molecular weight is 508 g/mol. The summed E-state index contributed by atoms with van der Waals surface area (Å²) < 4.78 is 47.8. The number of thioether (sulfide) groups is 1. The zero-order chi connectivity index (χ0) is 24.7. The number of nitrogens with zero attached hydrogens (tertiary/aromatic N) is 3. The van der Waals surface area contributed by atoms with Gasteiger partial charge in [-0.25, -0.2) is 17.9 Å². The number of halogens is 3. The largest absolute Gasteiger partial charge is 0.394 e. The monoisotopic (exact) mass is 507 g/mol. The van der Waals surface area contributed by atoms with Crippen molar-refractivity contribution in [3.05, 3.63) is 71.7 Å². The molecule has 1 aromatic heterocycles. The van der Waals surface area contributed by atoms with Gasteiger partial charge in [0.2, 0.25) is 0 Å². The molecule has 5 rings (SSSR count). The fraction of sp³-hybridized carbons (Fsp3) is 0.417. The molecule has 0 radical (unpaired) electrons. The van der Waals surface area contributed by atoms with Crippen LogP contribution in [0.1, 0.15) is 29.7 Å². The maximum absolute atomic E-state index is 13.7. The van der Waals surface area contributed by atoms with E-state index >= 15 is 0 Å². The average Bonchev–Trinajstić information content (AvgIpc) is 3.58. The highest BCUT2D eigenvalue weighted by atomic mass is 32.2. The topological polar surface area (TPSA) is 101 Å². The second-order valence-corrected chi connectivity index (χ2v) is 10.1. The fourth-order valence-corrected chi connectivity index (χ4v) is 6.03. The Morgan fingerprint density at radius 1 is 1.06 bits per heavy atom. The van der Waals surface area contributed by atoms with Gasteiger partial charge in [-0.2, -0.15) is 0 Å². The highest BCUT2D eigenvalue weighted by Gasteiger charge is 2.48. The molecule has 3 N–H and O–H groups in total. The Labute approximate surface area is 203 Å². The maximum Gasteiger partial charge on any atom is 0.194 e. The van der Waals surface area contributed by atoms with Crippen molar-refractivity contribution in [1.82, 2.24) is 15.0 Å². The highest BCUT2D eigenvalue weighted by molar-refractivity contribution is 8.00. The summed E-state index contributed by atoms with van der Waals surface area (Å²) in [6.45, 7) is -0.489. The van der Waals surface area contributed by atoms with E-state index < -0.39 is 53.8 Å². The first-order valence-electron chi connectivity index (χ1n) is 11.3. The van der Waals surface area contributed by atoms with Crippen molar-refractivity contribution in [2.45, 2.75) is 47.9 Å². The van der Waals surface area contributed by atoms with Crippen molar-refractivity contribution in [3.63, 3.8) is 0 Å². The predicted molar refractivity (Wildman–Crippen MR) is 122 cm³/mol. The second kappa shape index (κ2) is 9.90. The van der Waals surface area contributed by atoms with Crippen molar-refractivity contribution < 1.29 is 33.2 Å². The summed E-state index contributed by atoms with van der Waals surface area (Å²) >= 11 is 1.43. The Balaban J connectivity index is 1.42. The van der Waals surface area contributed by atoms with Crippen molar-refractivity contribution in [3.8, 4) is 11.3 Å². The van der Waals surface area contributed by atoms with Crippen LogP contribution in [0.15, 0.2) is 48.7 Å². The van der Waals surface area contributed by atoms with Crippen LogP contribution in [0.3, 0.4) is 0 Å². The standard InChI is InChI=1S/C24H24F3N3O4S/c25-15-8-14(9-16(26)19(15)27)17-10-30(29-28-17)20-21(32)18(11-31)34-24(22(20)33)35-23(13-6-7-13)12-4-2-1-3-5-12/h1-5,8-10,13,18,20-24,31-33H,6-7,11H2/t18-,20+,21+,22-,23?,24+/m1/s1. The van der Waals surface area contributed by atoms with E-state index in [1.165, 1.54) is 22.6 Å². The number of aromatic nitrogens is 3. The van der Waals surface area contributed by atoms with Crippen LogP contribution in [0.4, 0.5) is 13.2 Å². The molecule has 1 unspecified atom stereocenters. The molecule has 7 nitrogen and oxygen atoms in total. The van der Waals surface area contributed by atoms with Crippen molar-refractivity contribution in [2.75, 3.05) is 6.61 Å². The summed E-state index contributed by atoms with van der Waals surface area (Å²) in [5, 5.41) is 39.8. The van der Waals surface area contributed by atoms with Crippen LogP contribution in [0.2, 0.25) is 0 Å². The lowest BCUT2D eigenvalue weighted by molar-refractivity contribution is -0.178. The van der Waals surface area contributed by atoms with Gasteiger partial charge in [0, 0.05) is 10.8 Å². The van der Waals surface area contributed by atoms with Crippen LogP contribution >= 0.6 is 11.8 Å². The van der Waals surface area contributed by atoms with Gasteiger partial charge >= 0.3 is 0 Å². The smallest absolute Gasteiger partial charge is 0.194 e. The van der Waals surface area contributed by atoms with Crippen LogP contribution in [-0.2, 0) is 4.74 Å². The molecule has 2 heterocycles. The van der Waals surface area contributed by atoms with Gasteiger partial charge in [-0.15, -0.1) is 16.9 Å². The fourth-order valence-electron chi connectivity index (χ4n) is 4.40. The van der Waals surface area contributed by atoms with Crippen molar-refractivity contribution >= 4 is 11.8 Å². The number of hydrogen-bond acceptors (Lipinski definition) is 7. The molecule has 1 saturated heterocycles. The zero-order valence-electron chi connectivity index (χ0n) is 18.4. The summed E-state index contributed by atoms with van der Waals surface area (Å²) in [5.41, 5.74) is 0.284. The summed E-state index contributed by atoms with van der Waals surface area (Å²) in [6.07, 6.45) is -0.146. The minimum Gasteiger partial charge on any atom is -0.394 e. The third-order valence-electron chi connectivity index (χ3n) is 6.40. The summed E-state index contributed by atoms with van der Waals surface area (Å²) in [7, 11) is 0. The molecule has 1 aliphatic carbocycles. The van der Waals surface area contributed by atoms with E-state index in [2.05, 4.69) is 10.3 Å². The quantitative estimate of drug-likeness (QED) is 0.422. The minimum atomic E-state index is -1.59. The van der Waals surface area contributed by atoms with Crippen LogP contribution in [0, 0.1) is 23.4 Å². The third kappa shape index (κ3) is 4.83.